The van der Waals surface area contributed by atoms with Gasteiger partial charge in [0.1, 0.15) is 0 Å². The molecule has 0 aromatic rings. The second-order valence-corrected chi connectivity index (χ2v) is 4.12. The number of hydrogen-bond acceptors (Lipinski definition) is 5. The van der Waals surface area contributed by atoms with Crippen molar-refractivity contribution in [3.63, 3.8) is 0 Å². The molecule has 0 aliphatic carbocycles. The first-order valence-corrected chi connectivity index (χ1v) is 6.18. The van der Waals surface area contributed by atoms with Gasteiger partial charge in [0.05, 0.1) is 13.2 Å². The van der Waals surface area contributed by atoms with Crippen molar-refractivity contribution in [1.82, 2.24) is 5.32 Å². The van der Waals surface area contributed by atoms with Gasteiger partial charge in [-0.15, -0.1) is 0 Å². The van der Waals surface area contributed by atoms with Crippen LogP contribution in [0.5, 0.6) is 0 Å². The summed E-state index contributed by atoms with van der Waals surface area (Å²) >= 11 is 0. The molecule has 6 heteroatoms. The summed E-state index contributed by atoms with van der Waals surface area (Å²) in [5, 5.41) is 2.64. The predicted octanol–water partition coefficient (Wildman–Crippen LogP) is 0.399. The van der Waals surface area contributed by atoms with Crippen molar-refractivity contribution in [3.8, 4) is 0 Å². The van der Waals surface area contributed by atoms with Crippen LogP contribution in [0.1, 0.15) is 33.1 Å². The Labute approximate surface area is 106 Å². The zero-order chi connectivity index (χ0) is 13.6. The summed E-state index contributed by atoms with van der Waals surface area (Å²) in [5.74, 6) is -1.36. The molecule has 0 spiro atoms. The van der Waals surface area contributed by atoms with Crippen LogP contribution in [0.4, 0.5) is 0 Å². The van der Waals surface area contributed by atoms with Crippen molar-refractivity contribution in [2.75, 3.05) is 19.8 Å². The Hall–Kier alpha value is -1.59. The third-order valence-electron chi connectivity index (χ3n) is 2.99. The number of rotatable bonds is 4. The van der Waals surface area contributed by atoms with Gasteiger partial charge in [-0.3, -0.25) is 14.4 Å². The Morgan fingerprint density at radius 3 is 2.22 bits per heavy atom. The van der Waals surface area contributed by atoms with Gasteiger partial charge in [-0.25, -0.2) is 0 Å². The summed E-state index contributed by atoms with van der Waals surface area (Å²) < 4.78 is 9.93. The van der Waals surface area contributed by atoms with Crippen molar-refractivity contribution < 1.29 is 23.9 Å². The minimum Gasteiger partial charge on any atom is -0.465 e. The maximum atomic E-state index is 12.0. The van der Waals surface area contributed by atoms with Gasteiger partial charge in [0.2, 0.25) is 5.91 Å². The minimum absolute atomic E-state index is 0.123. The summed E-state index contributed by atoms with van der Waals surface area (Å²) in [6.07, 6.45) is 0.477. The molecule has 0 unspecified atom stereocenters. The number of esters is 2. The standard InChI is InChI=1S/C12H19NO5/c1-3-17-10(15)12(11(16)18-4-2)6-5-9(14)13-8-7-12/h3-8H2,1-2H3,(H,13,14). The summed E-state index contributed by atoms with van der Waals surface area (Å²) in [6.45, 7) is 4.02. The van der Waals surface area contributed by atoms with Crippen LogP contribution >= 0.6 is 0 Å². The highest BCUT2D eigenvalue weighted by Crippen LogP contribution is 2.33. The van der Waals surface area contributed by atoms with Gasteiger partial charge in [0.15, 0.2) is 5.41 Å². The molecule has 0 bridgehead atoms. The zero-order valence-corrected chi connectivity index (χ0v) is 10.8. The number of carbonyl (C=O) groups excluding carboxylic acids is 3. The van der Waals surface area contributed by atoms with Crippen molar-refractivity contribution >= 4 is 17.8 Å². The van der Waals surface area contributed by atoms with Gasteiger partial charge in [-0.2, -0.15) is 0 Å². The molecule has 1 fully saturated rings. The lowest BCUT2D eigenvalue weighted by Crippen LogP contribution is -2.42. The molecule has 1 heterocycles. The largest absolute Gasteiger partial charge is 0.465 e. The van der Waals surface area contributed by atoms with E-state index in [9.17, 15) is 14.4 Å². The first kappa shape index (κ1) is 14.5. The van der Waals surface area contributed by atoms with Gasteiger partial charge in [0.25, 0.3) is 0 Å². The Morgan fingerprint density at radius 2 is 1.72 bits per heavy atom. The van der Waals surface area contributed by atoms with Crippen LogP contribution in [-0.4, -0.2) is 37.6 Å². The van der Waals surface area contributed by atoms with E-state index in [0.717, 1.165) is 0 Å². The van der Waals surface area contributed by atoms with Gasteiger partial charge >= 0.3 is 11.9 Å². The van der Waals surface area contributed by atoms with E-state index < -0.39 is 17.4 Å². The predicted molar refractivity (Wildman–Crippen MR) is 62.6 cm³/mol. The number of amides is 1. The van der Waals surface area contributed by atoms with E-state index in [0.29, 0.717) is 0 Å². The lowest BCUT2D eigenvalue weighted by atomic mass is 9.80. The molecule has 0 saturated carbocycles. The van der Waals surface area contributed by atoms with E-state index in [4.69, 9.17) is 9.47 Å². The third kappa shape index (κ3) is 3.00. The van der Waals surface area contributed by atoms with Gasteiger partial charge < -0.3 is 14.8 Å². The summed E-state index contributed by atoms with van der Waals surface area (Å²) in [6, 6.07) is 0. The number of carbonyl (C=O) groups is 3. The number of ether oxygens (including phenoxy) is 2. The molecule has 0 atom stereocenters. The molecule has 0 radical (unpaired) electrons. The first-order valence-electron chi connectivity index (χ1n) is 6.18. The Balaban J connectivity index is 2.95. The summed E-state index contributed by atoms with van der Waals surface area (Å²) in [5.41, 5.74) is -1.34. The Kier molecular flexibility index (Phi) is 5.12. The zero-order valence-electron chi connectivity index (χ0n) is 10.8. The normalized spacial score (nSPS) is 18.4. The van der Waals surface area contributed by atoms with E-state index in [-0.39, 0.29) is 44.9 Å². The fraction of sp³-hybridized carbons (Fsp3) is 0.750. The van der Waals surface area contributed by atoms with Crippen molar-refractivity contribution in [1.29, 1.82) is 0 Å². The molecular weight excluding hydrogens is 238 g/mol. The second kappa shape index (κ2) is 6.37. The van der Waals surface area contributed by atoms with Crippen LogP contribution in [-0.2, 0) is 23.9 Å². The fourth-order valence-corrected chi connectivity index (χ4v) is 1.99. The average Bonchev–Trinajstić information content (AvgIpc) is 2.53. The van der Waals surface area contributed by atoms with Crippen LogP contribution in [0.25, 0.3) is 0 Å². The molecule has 102 valence electrons. The van der Waals surface area contributed by atoms with E-state index in [1.807, 2.05) is 0 Å². The topological polar surface area (TPSA) is 81.7 Å². The molecule has 1 amide bonds. The SMILES string of the molecule is CCOC(=O)C1(C(=O)OCC)CCNC(=O)CC1. The van der Waals surface area contributed by atoms with E-state index in [2.05, 4.69) is 5.32 Å². The van der Waals surface area contributed by atoms with Crippen LogP contribution in [0.15, 0.2) is 0 Å². The Bertz CT molecular complexity index is 321. The summed E-state index contributed by atoms with van der Waals surface area (Å²) in [7, 11) is 0. The highest BCUT2D eigenvalue weighted by molar-refractivity contribution is 6.00. The molecule has 1 saturated heterocycles. The average molecular weight is 257 g/mol. The minimum atomic E-state index is -1.34. The summed E-state index contributed by atoms with van der Waals surface area (Å²) in [4.78, 5) is 35.4. The lowest BCUT2D eigenvalue weighted by Gasteiger charge is -2.26. The molecular formula is C12H19NO5. The molecule has 6 nitrogen and oxygen atoms in total. The maximum absolute atomic E-state index is 12.0. The van der Waals surface area contributed by atoms with Crippen LogP contribution in [0.3, 0.4) is 0 Å². The molecule has 0 aromatic carbocycles. The Morgan fingerprint density at radius 1 is 1.17 bits per heavy atom. The molecule has 1 rings (SSSR count). The van der Waals surface area contributed by atoms with Crippen molar-refractivity contribution in [2.45, 2.75) is 33.1 Å². The van der Waals surface area contributed by atoms with E-state index >= 15 is 0 Å². The highest BCUT2D eigenvalue weighted by Gasteiger charge is 2.49. The van der Waals surface area contributed by atoms with Gasteiger partial charge in [-0.05, 0) is 26.7 Å². The van der Waals surface area contributed by atoms with Crippen molar-refractivity contribution in [3.05, 3.63) is 0 Å². The van der Waals surface area contributed by atoms with E-state index in [1.54, 1.807) is 13.8 Å². The third-order valence-corrected chi connectivity index (χ3v) is 2.99. The van der Waals surface area contributed by atoms with Gasteiger partial charge in [0, 0.05) is 13.0 Å². The lowest BCUT2D eigenvalue weighted by molar-refractivity contribution is -0.173. The molecule has 18 heavy (non-hydrogen) atoms. The van der Waals surface area contributed by atoms with Crippen LogP contribution < -0.4 is 5.32 Å². The maximum Gasteiger partial charge on any atom is 0.323 e. The monoisotopic (exact) mass is 257 g/mol. The first-order chi connectivity index (χ1) is 8.56. The quantitative estimate of drug-likeness (QED) is 0.582. The van der Waals surface area contributed by atoms with Gasteiger partial charge in [-0.1, -0.05) is 0 Å². The highest BCUT2D eigenvalue weighted by atomic mass is 16.6. The molecule has 1 N–H and O–H groups in total. The number of hydrogen-bond donors (Lipinski definition) is 1. The van der Waals surface area contributed by atoms with E-state index in [1.165, 1.54) is 0 Å². The molecule has 1 aliphatic rings. The van der Waals surface area contributed by atoms with Crippen LogP contribution in [0, 0.1) is 5.41 Å². The number of nitrogens with one attached hydrogen (secondary N) is 1. The van der Waals surface area contributed by atoms with Crippen molar-refractivity contribution in [2.24, 2.45) is 5.41 Å². The fourth-order valence-electron chi connectivity index (χ4n) is 1.99. The molecule has 1 aliphatic heterocycles. The second-order valence-electron chi connectivity index (χ2n) is 4.12. The molecule has 0 aromatic heterocycles. The van der Waals surface area contributed by atoms with Crippen LogP contribution in [0.2, 0.25) is 0 Å². The smallest absolute Gasteiger partial charge is 0.323 e.